The number of aryl methyl sites for hydroxylation is 1. The number of nitrogens with zero attached hydrogens (tertiary/aromatic N) is 3. The molecule has 3 heterocycles. The second kappa shape index (κ2) is 8.00. The third kappa shape index (κ3) is 3.55. The molecule has 6 heteroatoms. The average molecular weight is 470 g/mol. The molecule has 0 bridgehead atoms. The lowest BCUT2D eigenvalue weighted by Gasteiger charge is -2.14. The Morgan fingerprint density at radius 3 is 2.79 bits per heavy atom. The van der Waals surface area contributed by atoms with Crippen LogP contribution in [0.3, 0.4) is 0 Å². The van der Waals surface area contributed by atoms with E-state index in [4.69, 9.17) is 16.3 Å². The second-order valence-corrected chi connectivity index (χ2v) is 9.43. The first-order valence-electron chi connectivity index (χ1n) is 11.3. The largest absolute Gasteiger partial charge is 0.488 e. The van der Waals surface area contributed by atoms with Crippen molar-refractivity contribution in [2.45, 2.75) is 32.8 Å². The minimum atomic E-state index is -0.349. The molecule has 1 aliphatic carbocycles. The second-order valence-electron chi connectivity index (χ2n) is 8.99. The molecule has 2 aromatic carbocycles. The van der Waals surface area contributed by atoms with Crippen LogP contribution in [0.4, 0.5) is 4.39 Å². The van der Waals surface area contributed by atoms with Gasteiger partial charge < -0.3 is 9.14 Å². The van der Waals surface area contributed by atoms with Crippen LogP contribution >= 0.6 is 11.6 Å². The zero-order chi connectivity index (χ0) is 23.4. The highest BCUT2D eigenvalue weighted by Crippen LogP contribution is 2.46. The fourth-order valence-electron chi connectivity index (χ4n) is 4.85. The normalized spacial score (nSPS) is 16.3. The Balaban J connectivity index is 1.46. The van der Waals surface area contributed by atoms with Gasteiger partial charge in [0, 0.05) is 52.2 Å². The van der Waals surface area contributed by atoms with Crippen molar-refractivity contribution in [3.05, 3.63) is 105 Å². The van der Waals surface area contributed by atoms with E-state index in [-0.39, 0.29) is 11.7 Å². The maximum atomic E-state index is 14.0. The predicted octanol–water partition coefficient (Wildman–Crippen LogP) is 6.65. The molecule has 1 saturated carbocycles. The molecular formula is C28H21ClFN3O. The summed E-state index contributed by atoms with van der Waals surface area (Å²) >= 11 is 6.14. The summed E-state index contributed by atoms with van der Waals surface area (Å²) in [6.45, 7) is 2.32. The Labute approximate surface area is 201 Å². The Bertz CT molecular complexity index is 1540. The lowest BCUT2D eigenvalue weighted by Crippen LogP contribution is -2.01. The minimum absolute atomic E-state index is 0.260. The van der Waals surface area contributed by atoms with E-state index in [1.807, 2.05) is 25.3 Å². The summed E-state index contributed by atoms with van der Waals surface area (Å²) in [6, 6.07) is 17.1. The summed E-state index contributed by atoms with van der Waals surface area (Å²) in [4.78, 5) is 4.66. The Kier molecular flexibility index (Phi) is 4.93. The summed E-state index contributed by atoms with van der Waals surface area (Å²) < 4.78 is 22.2. The Morgan fingerprint density at radius 2 is 2.00 bits per heavy atom. The van der Waals surface area contributed by atoms with Crippen molar-refractivity contribution in [2.24, 2.45) is 5.92 Å². The van der Waals surface area contributed by atoms with Gasteiger partial charge in [0.25, 0.3) is 0 Å². The Hall–Kier alpha value is -3.62. The molecule has 34 heavy (non-hydrogen) atoms. The van der Waals surface area contributed by atoms with Crippen LogP contribution in [0.5, 0.6) is 5.75 Å². The number of allylic oxidation sites excluding steroid dienone is 1. The third-order valence-electron chi connectivity index (χ3n) is 6.67. The van der Waals surface area contributed by atoms with Crippen molar-refractivity contribution in [3.8, 4) is 11.8 Å². The van der Waals surface area contributed by atoms with Gasteiger partial charge in [-0.05, 0) is 60.6 Å². The number of aromatic nitrogens is 2. The molecule has 4 nitrogen and oxygen atoms in total. The summed E-state index contributed by atoms with van der Waals surface area (Å²) in [6.07, 6.45) is 4.65. The molecule has 0 N–H and O–H groups in total. The highest BCUT2D eigenvalue weighted by Gasteiger charge is 2.32. The monoisotopic (exact) mass is 469 g/mol. The van der Waals surface area contributed by atoms with Crippen LogP contribution in [0, 0.1) is 30.0 Å². The predicted molar refractivity (Wildman–Crippen MR) is 129 cm³/mol. The SMILES string of the molecule is Cc1nc2cc(Cl)ccn2c1Cc1ccc2c(c1)COc1cc(F)ccc1/C2=C(/C#N)C1CC1. The number of fused-ring (bicyclic) bond motifs is 3. The first kappa shape index (κ1) is 20.9. The minimum Gasteiger partial charge on any atom is -0.488 e. The lowest BCUT2D eigenvalue weighted by atomic mass is 9.88. The molecule has 0 amide bonds. The van der Waals surface area contributed by atoms with Crippen LogP contribution in [-0.4, -0.2) is 9.38 Å². The molecule has 0 radical (unpaired) electrons. The number of halogens is 2. The summed E-state index contributed by atoms with van der Waals surface area (Å²) in [5.41, 5.74) is 8.39. The van der Waals surface area contributed by atoms with E-state index in [0.29, 0.717) is 23.8 Å². The molecule has 0 atom stereocenters. The summed E-state index contributed by atoms with van der Waals surface area (Å²) in [5, 5.41) is 10.7. The highest BCUT2D eigenvalue weighted by molar-refractivity contribution is 6.30. The van der Waals surface area contributed by atoms with Crippen molar-refractivity contribution in [1.29, 1.82) is 5.26 Å². The van der Waals surface area contributed by atoms with Crippen molar-refractivity contribution >= 4 is 22.8 Å². The molecule has 4 aromatic rings. The fraction of sp³-hybridized carbons (Fsp3) is 0.214. The van der Waals surface area contributed by atoms with Gasteiger partial charge in [-0.25, -0.2) is 9.37 Å². The molecule has 2 aliphatic rings. The van der Waals surface area contributed by atoms with E-state index < -0.39 is 0 Å². The smallest absolute Gasteiger partial charge is 0.138 e. The van der Waals surface area contributed by atoms with Gasteiger partial charge in [0.05, 0.1) is 11.8 Å². The van der Waals surface area contributed by atoms with Crippen LogP contribution in [0.2, 0.25) is 5.02 Å². The standard InChI is InChI=1S/C28H21ClFN3O/c1-16-25(33-9-8-20(29)12-27(33)32-16)11-17-2-6-22-19(10-17)15-34-26-13-21(30)5-7-23(26)28(22)24(14-31)18-3-4-18/h2,5-10,12-13,18H,3-4,11,15H2,1H3/b28-24-. The average Bonchev–Trinajstić information content (AvgIpc) is 3.62. The molecule has 1 fully saturated rings. The maximum Gasteiger partial charge on any atom is 0.138 e. The van der Waals surface area contributed by atoms with Crippen LogP contribution in [-0.2, 0) is 13.0 Å². The highest BCUT2D eigenvalue weighted by atomic mass is 35.5. The summed E-state index contributed by atoms with van der Waals surface area (Å²) in [5.74, 6) is 0.393. The quantitative estimate of drug-likeness (QED) is 0.315. The van der Waals surface area contributed by atoms with Gasteiger partial charge in [-0.2, -0.15) is 5.26 Å². The summed E-state index contributed by atoms with van der Waals surface area (Å²) in [7, 11) is 0. The van der Waals surface area contributed by atoms with Gasteiger partial charge in [0.15, 0.2) is 0 Å². The van der Waals surface area contributed by atoms with Gasteiger partial charge in [-0.1, -0.05) is 29.8 Å². The number of imidazole rings is 1. The maximum absolute atomic E-state index is 14.0. The Morgan fingerprint density at radius 1 is 1.18 bits per heavy atom. The van der Waals surface area contributed by atoms with Crippen LogP contribution < -0.4 is 4.74 Å². The number of benzene rings is 2. The van der Waals surface area contributed by atoms with Gasteiger partial charge in [-0.3, -0.25) is 0 Å². The van der Waals surface area contributed by atoms with Crippen LogP contribution in [0.25, 0.3) is 11.2 Å². The lowest BCUT2D eigenvalue weighted by molar-refractivity contribution is 0.305. The zero-order valence-corrected chi connectivity index (χ0v) is 19.4. The van der Waals surface area contributed by atoms with E-state index in [0.717, 1.165) is 63.3 Å². The topological polar surface area (TPSA) is 50.3 Å². The molecule has 2 aromatic heterocycles. The van der Waals surface area contributed by atoms with Crippen molar-refractivity contribution in [1.82, 2.24) is 9.38 Å². The van der Waals surface area contributed by atoms with Gasteiger partial charge in [0.1, 0.15) is 23.8 Å². The molecule has 0 unspecified atom stereocenters. The molecule has 0 spiro atoms. The van der Waals surface area contributed by atoms with Gasteiger partial charge >= 0.3 is 0 Å². The van der Waals surface area contributed by atoms with Gasteiger partial charge in [0.2, 0.25) is 0 Å². The zero-order valence-electron chi connectivity index (χ0n) is 18.6. The molecule has 0 saturated heterocycles. The number of rotatable bonds is 3. The van der Waals surface area contributed by atoms with E-state index in [1.165, 1.54) is 12.1 Å². The number of hydrogen-bond acceptors (Lipinski definition) is 3. The van der Waals surface area contributed by atoms with Crippen LogP contribution in [0.1, 0.15) is 46.5 Å². The fourth-order valence-corrected chi connectivity index (χ4v) is 5.01. The van der Waals surface area contributed by atoms with Crippen LogP contribution in [0.15, 0.2) is 60.3 Å². The van der Waals surface area contributed by atoms with Crippen molar-refractivity contribution < 1.29 is 9.13 Å². The van der Waals surface area contributed by atoms with Crippen molar-refractivity contribution in [3.63, 3.8) is 0 Å². The third-order valence-corrected chi connectivity index (χ3v) is 6.90. The van der Waals surface area contributed by atoms with E-state index in [1.54, 1.807) is 6.07 Å². The van der Waals surface area contributed by atoms with E-state index >= 15 is 0 Å². The molecule has 1 aliphatic heterocycles. The first-order chi connectivity index (χ1) is 16.5. The number of nitriles is 1. The van der Waals surface area contributed by atoms with Crippen molar-refractivity contribution in [2.75, 3.05) is 0 Å². The molecular weight excluding hydrogens is 449 g/mol. The number of pyridine rings is 1. The first-order valence-corrected chi connectivity index (χ1v) is 11.7. The van der Waals surface area contributed by atoms with E-state index in [2.05, 4.69) is 33.7 Å². The number of ether oxygens (including phenoxy) is 1. The van der Waals surface area contributed by atoms with E-state index in [9.17, 15) is 9.65 Å². The molecule has 168 valence electrons. The van der Waals surface area contributed by atoms with Gasteiger partial charge in [-0.15, -0.1) is 0 Å². The number of hydrogen-bond donors (Lipinski definition) is 0. The molecule has 6 rings (SSSR count).